The highest BCUT2D eigenvalue weighted by molar-refractivity contribution is 5.59. The smallest absolute Gasteiger partial charge is 0.333 e. The van der Waals surface area contributed by atoms with Crippen molar-refractivity contribution >= 4 is 11.5 Å². The van der Waals surface area contributed by atoms with Gasteiger partial charge in [-0.1, -0.05) is 13.8 Å². The number of hydrogen-bond acceptors (Lipinski definition) is 5. The molecule has 1 aliphatic rings. The van der Waals surface area contributed by atoms with E-state index >= 15 is 0 Å². The molecule has 0 atom stereocenters. The molecule has 0 amide bonds. The second-order valence-electron chi connectivity index (χ2n) is 6.18. The molecule has 0 unspecified atom stereocenters. The first-order valence-electron chi connectivity index (χ1n) is 7.63. The monoisotopic (exact) mass is 295 g/mol. The van der Waals surface area contributed by atoms with Gasteiger partial charge in [0.25, 0.3) is 0 Å². The molecule has 7 nitrogen and oxygen atoms in total. The van der Waals surface area contributed by atoms with Crippen LogP contribution in [-0.2, 0) is 6.54 Å². The Kier molecular flexibility index (Phi) is 4.82. The summed E-state index contributed by atoms with van der Waals surface area (Å²) in [7, 11) is 0. The average Bonchev–Trinajstić information content (AvgIpc) is 2.74. The van der Waals surface area contributed by atoms with Crippen LogP contribution < -0.4 is 10.6 Å². The maximum absolute atomic E-state index is 11.3. The molecule has 0 saturated carbocycles. The average molecular weight is 295 g/mol. The Morgan fingerprint density at radius 3 is 2.71 bits per heavy atom. The third-order valence-electron chi connectivity index (χ3n) is 4.21. The number of piperidine rings is 1. The minimum Gasteiger partial charge on any atom is -0.364 e. The molecular weight excluding hydrogens is 270 g/mol. The molecule has 21 heavy (non-hydrogen) atoms. The number of rotatable bonds is 6. The summed E-state index contributed by atoms with van der Waals surface area (Å²) in [4.78, 5) is 11.0. The van der Waals surface area contributed by atoms with Gasteiger partial charge in [0.1, 0.15) is 5.69 Å². The molecular formula is C14H25N5O2. The van der Waals surface area contributed by atoms with Crippen molar-refractivity contribution in [3.05, 3.63) is 15.8 Å². The number of nitro groups is 1. The van der Waals surface area contributed by atoms with E-state index in [0.29, 0.717) is 18.1 Å². The molecule has 1 fully saturated rings. The number of aryl methyl sites for hydroxylation is 2. The van der Waals surface area contributed by atoms with Gasteiger partial charge in [-0.2, -0.15) is 5.10 Å². The fraction of sp³-hybridized carbons (Fsp3) is 0.786. The van der Waals surface area contributed by atoms with Crippen LogP contribution in [0.25, 0.3) is 0 Å². The summed E-state index contributed by atoms with van der Waals surface area (Å²) in [5.74, 6) is 0.555. The maximum atomic E-state index is 11.3. The molecule has 0 aliphatic carbocycles. The SMILES string of the molecule is CCCn1nc(C)c([N+](=O)[O-])c1NCC1(C)CCNCC1. The van der Waals surface area contributed by atoms with Crippen LogP contribution in [0, 0.1) is 22.5 Å². The van der Waals surface area contributed by atoms with Crippen LogP contribution >= 0.6 is 0 Å². The zero-order chi connectivity index (χ0) is 15.5. The Hall–Kier alpha value is -1.63. The molecule has 2 rings (SSSR count). The highest BCUT2D eigenvalue weighted by atomic mass is 16.6. The molecule has 118 valence electrons. The molecule has 0 bridgehead atoms. The van der Waals surface area contributed by atoms with E-state index in [2.05, 4.69) is 22.7 Å². The minimum absolute atomic E-state index is 0.112. The van der Waals surface area contributed by atoms with Gasteiger partial charge in [-0.25, -0.2) is 4.68 Å². The van der Waals surface area contributed by atoms with Crippen molar-refractivity contribution in [2.24, 2.45) is 5.41 Å². The Balaban J connectivity index is 2.19. The van der Waals surface area contributed by atoms with Gasteiger partial charge in [0.05, 0.1) is 4.92 Å². The molecule has 1 saturated heterocycles. The van der Waals surface area contributed by atoms with Crippen LogP contribution in [0.5, 0.6) is 0 Å². The molecule has 0 spiro atoms. The molecule has 2 N–H and O–H groups in total. The van der Waals surface area contributed by atoms with Gasteiger partial charge in [0.15, 0.2) is 0 Å². The van der Waals surface area contributed by atoms with Crippen LogP contribution in [0.4, 0.5) is 11.5 Å². The van der Waals surface area contributed by atoms with Crippen LogP contribution in [0.1, 0.15) is 38.8 Å². The summed E-state index contributed by atoms with van der Waals surface area (Å²) in [6.07, 6.45) is 3.05. The fourth-order valence-corrected chi connectivity index (χ4v) is 2.84. The maximum Gasteiger partial charge on any atom is 0.333 e. The van der Waals surface area contributed by atoms with Crippen molar-refractivity contribution in [3.63, 3.8) is 0 Å². The molecule has 2 heterocycles. The van der Waals surface area contributed by atoms with E-state index in [1.807, 2.05) is 6.92 Å². The molecule has 0 radical (unpaired) electrons. The van der Waals surface area contributed by atoms with E-state index in [-0.39, 0.29) is 16.0 Å². The lowest BCUT2D eigenvalue weighted by molar-refractivity contribution is -0.384. The quantitative estimate of drug-likeness (QED) is 0.621. The van der Waals surface area contributed by atoms with E-state index in [0.717, 1.165) is 38.9 Å². The van der Waals surface area contributed by atoms with Crippen molar-refractivity contribution in [2.75, 3.05) is 25.0 Å². The fourth-order valence-electron chi connectivity index (χ4n) is 2.84. The molecule has 1 aromatic rings. The first-order chi connectivity index (χ1) is 9.97. The summed E-state index contributed by atoms with van der Waals surface area (Å²) in [6.45, 7) is 9.42. The van der Waals surface area contributed by atoms with E-state index in [9.17, 15) is 10.1 Å². The van der Waals surface area contributed by atoms with Crippen molar-refractivity contribution < 1.29 is 4.92 Å². The zero-order valence-electron chi connectivity index (χ0n) is 13.1. The number of nitrogens with one attached hydrogen (secondary N) is 2. The lowest BCUT2D eigenvalue weighted by Gasteiger charge is -2.34. The Morgan fingerprint density at radius 2 is 2.14 bits per heavy atom. The van der Waals surface area contributed by atoms with Crippen molar-refractivity contribution in [1.29, 1.82) is 0 Å². The number of nitrogens with zero attached hydrogens (tertiary/aromatic N) is 3. The second kappa shape index (κ2) is 6.43. The Labute approximate surface area is 125 Å². The predicted octanol–water partition coefficient (Wildman–Crippen LogP) is 2.31. The summed E-state index contributed by atoms with van der Waals surface area (Å²) in [5.41, 5.74) is 0.765. The molecule has 1 aromatic heterocycles. The molecule has 0 aromatic carbocycles. The second-order valence-corrected chi connectivity index (χ2v) is 6.18. The third kappa shape index (κ3) is 3.53. The highest BCUT2D eigenvalue weighted by Crippen LogP contribution is 2.32. The highest BCUT2D eigenvalue weighted by Gasteiger charge is 2.30. The topological polar surface area (TPSA) is 85.0 Å². The third-order valence-corrected chi connectivity index (χ3v) is 4.21. The largest absolute Gasteiger partial charge is 0.364 e. The summed E-state index contributed by atoms with van der Waals surface area (Å²) < 4.78 is 1.73. The predicted molar refractivity (Wildman–Crippen MR) is 82.6 cm³/mol. The first-order valence-corrected chi connectivity index (χ1v) is 7.63. The number of aromatic nitrogens is 2. The lowest BCUT2D eigenvalue weighted by atomic mass is 9.81. The Morgan fingerprint density at radius 1 is 1.48 bits per heavy atom. The van der Waals surface area contributed by atoms with E-state index in [1.165, 1.54) is 0 Å². The summed E-state index contributed by atoms with van der Waals surface area (Å²) in [5, 5.41) is 22.3. The standard InChI is InChI=1S/C14H25N5O2/c1-4-9-18-13(12(19(20)21)11(2)17-18)16-10-14(3)5-7-15-8-6-14/h15-16H,4-10H2,1-3H3. The van der Waals surface area contributed by atoms with Crippen molar-refractivity contribution in [2.45, 2.75) is 46.6 Å². The first kappa shape index (κ1) is 15.8. The van der Waals surface area contributed by atoms with Gasteiger partial charge in [-0.15, -0.1) is 0 Å². The van der Waals surface area contributed by atoms with E-state index in [4.69, 9.17) is 0 Å². The summed E-state index contributed by atoms with van der Waals surface area (Å²) in [6, 6.07) is 0. The van der Waals surface area contributed by atoms with Crippen molar-refractivity contribution in [1.82, 2.24) is 15.1 Å². The minimum atomic E-state index is -0.332. The van der Waals surface area contributed by atoms with Gasteiger partial charge in [0.2, 0.25) is 5.82 Å². The van der Waals surface area contributed by atoms with Crippen LogP contribution in [0.3, 0.4) is 0 Å². The van der Waals surface area contributed by atoms with Gasteiger partial charge in [0, 0.05) is 13.1 Å². The van der Waals surface area contributed by atoms with Crippen molar-refractivity contribution in [3.8, 4) is 0 Å². The van der Waals surface area contributed by atoms with Gasteiger partial charge >= 0.3 is 5.69 Å². The molecule has 7 heteroatoms. The van der Waals surface area contributed by atoms with Gasteiger partial charge < -0.3 is 10.6 Å². The number of hydrogen-bond donors (Lipinski definition) is 2. The number of anilines is 1. The van der Waals surface area contributed by atoms with E-state index in [1.54, 1.807) is 11.6 Å². The zero-order valence-corrected chi connectivity index (χ0v) is 13.1. The Bertz CT molecular complexity index is 506. The normalized spacial score (nSPS) is 17.7. The van der Waals surface area contributed by atoms with Gasteiger partial charge in [-0.3, -0.25) is 10.1 Å². The van der Waals surface area contributed by atoms with E-state index < -0.39 is 0 Å². The lowest BCUT2D eigenvalue weighted by Crippen LogP contribution is -2.39. The van der Waals surface area contributed by atoms with Crippen LogP contribution in [0.2, 0.25) is 0 Å². The van der Waals surface area contributed by atoms with Crippen LogP contribution in [-0.4, -0.2) is 34.3 Å². The van der Waals surface area contributed by atoms with Gasteiger partial charge in [-0.05, 0) is 44.7 Å². The van der Waals surface area contributed by atoms with Crippen LogP contribution in [0.15, 0.2) is 0 Å². The molecule has 1 aliphatic heterocycles. The summed E-state index contributed by atoms with van der Waals surface area (Å²) >= 11 is 0.